The standard InChI is InChI=1S/C14H14F4N4O2/c1-2-21(7-8-23)13(24)11-12(14(16,17)18)22(20-19-11)10-6-4-3-5-9(10)15/h3-6,23H,2,7-8H2,1H3. The molecule has 2 aromatic rings. The maximum Gasteiger partial charge on any atom is 0.435 e. The van der Waals surface area contributed by atoms with Gasteiger partial charge in [-0.2, -0.15) is 13.2 Å². The number of aliphatic hydroxyl groups excluding tert-OH is 1. The van der Waals surface area contributed by atoms with Gasteiger partial charge >= 0.3 is 6.18 Å². The van der Waals surface area contributed by atoms with Crippen molar-refractivity contribution >= 4 is 5.91 Å². The Morgan fingerprint density at radius 3 is 2.54 bits per heavy atom. The van der Waals surface area contributed by atoms with Crippen LogP contribution < -0.4 is 0 Å². The van der Waals surface area contributed by atoms with E-state index in [1.165, 1.54) is 12.1 Å². The van der Waals surface area contributed by atoms with Gasteiger partial charge in [-0.25, -0.2) is 9.07 Å². The van der Waals surface area contributed by atoms with Crippen LogP contribution in [0.4, 0.5) is 17.6 Å². The van der Waals surface area contributed by atoms with Gasteiger partial charge in [0.2, 0.25) is 0 Å². The number of amides is 1. The molecule has 0 atom stereocenters. The number of carbonyl (C=O) groups excluding carboxylic acids is 1. The van der Waals surface area contributed by atoms with E-state index < -0.39 is 41.6 Å². The van der Waals surface area contributed by atoms with E-state index in [0.29, 0.717) is 0 Å². The molecule has 0 spiro atoms. The maximum atomic E-state index is 13.8. The summed E-state index contributed by atoms with van der Waals surface area (Å²) in [6, 6.07) is 4.72. The molecule has 0 aliphatic heterocycles. The van der Waals surface area contributed by atoms with Crippen LogP contribution in [0.15, 0.2) is 24.3 Å². The first-order valence-corrected chi connectivity index (χ1v) is 6.99. The Balaban J connectivity index is 2.60. The second kappa shape index (κ2) is 6.95. The summed E-state index contributed by atoms with van der Waals surface area (Å²) in [5.74, 6) is -1.98. The fourth-order valence-electron chi connectivity index (χ4n) is 2.15. The lowest BCUT2D eigenvalue weighted by molar-refractivity contribution is -0.143. The Bertz CT molecular complexity index is 730. The fourth-order valence-corrected chi connectivity index (χ4v) is 2.15. The van der Waals surface area contributed by atoms with Crippen molar-refractivity contribution in [1.82, 2.24) is 19.9 Å². The first-order chi connectivity index (χ1) is 11.3. The van der Waals surface area contributed by atoms with Crippen LogP contribution in [0.2, 0.25) is 0 Å². The van der Waals surface area contributed by atoms with Crippen LogP contribution >= 0.6 is 0 Å². The SMILES string of the molecule is CCN(CCO)C(=O)c1nnn(-c2ccccc2F)c1C(F)(F)F. The molecular weight excluding hydrogens is 332 g/mol. The largest absolute Gasteiger partial charge is 0.435 e. The van der Waals surface area contributed by atoms with Crippen molar-refractivity contribution in [3.63, 3.8) is 0 Å². The van der Waals surface area contributed by atoms with Crippen LogP contribution in [-0.4, -0.2) is 50.6 Å². The first kappa shape index (κ1) is 17.9. The lowest BCUT2D eigenvalue weighted by Gasteiger charge is -2.19. The van der Waals surface area contributed by atoms with Crippen molar-refractivity contribution in [2.45, 2.75) is 13.1 Å². The number of hydrogen-bond acceptors (Lipinski definition) is 4. The fraction of sp³-hybridized carbons (Fsp3) is 0.357. The average molecular weight is 346 g/mol. The molecule has 0 saturated heterocycles. The third kappa shape index (κ3) is 3.37. The van der Waals surface area contributed by atoms with E-state index in [9.17, 15) is 22.4 Å². The van der Waals surface area contributed by atoms with Crippen LogP contribution in [0.1, 0.15) is 23.1 Å². The van der Waals surface area contributed by atoms with Crippen LogP contribution in [0, 0.1) is 5.82 Å². The maximum absolute atomic E-state index is 13.8. The highest BCUT2D eigenvalue weighted by Crippen LogP contribution is 2.33. The highest BCUT2D eigenvalue weighted by Gasteiger charge is 2.43. The smallest absolute Gasteiger partial charge is 0.395 e. The number of carbonyl (C=O) groups is 1. The average Bonchev–Trinajstić information content (AvgIpc) is 2.97. The number of para-hydroxylation sites is 1. The minimum Gasteiger partial charge on any atom is -0.395 e. The van der Waals surface area contributed by atoms with Gasteiger partial charge in [0.1, 0.15) is 11.5 Å². The summed E-state index contributed by atoms with van der Waals surface area (Å²) in [7, 11) is 0. The molecule has 1 N–H and O–H groups in total. The van der Waals surface area contributed by atoms with E-state index in [2.05, 4.69) is 10.3 Å². The van der Waals surface area contributed by atoms with Crippen molar-refractivity contribution in [2.24, 2.45) is 0 Å². The van der Waals surface area contributed by atoms with E-state index >= 15 is 0 Å². The number of rotatable bonds is 5. The van der Waals surface area contributed by atoms with Gasteiger partial charge in [0.25, 0.3) is 5.91 Å². The molecular formula is C14H14F4N4O2. The lowest BCUT2D eigenvalue weighted by atomic mass is 10.2. The third-order valence-electron chi connectivity index (χ3n) is 3.26. The molecule has 0 bridgehead atoms. The zero-order valence-electron chi connectivity index (χ0n) is 12.6. The zero-order valence-corrected chi connectivity index (χ0v) is 12.6. The van der Waals surface area contributed by atoms with Gasteiger partial charge in [-0.05, 0) is 19.1 Å². The molecule has 0 fully saturated rings. The molecule has 130 valence electrons. The van der Waals surface area contributed by atoms with Gasteiger partial charge in [0.15, 0.2) is 11.4 Å². The minimum atomic E-state index is -4.98. The van der Waals surface area contributed by atoms with Crippen LogP contribution in [0.25, 0.3) is 5.69 Å². The first-order valence-electron chi connectivity index (χ1n) is 6.99. The van der Waals surface area contributed by atoms with Crippen molar-refractivity contribution in [3.8, 4) is 5.69 Å². The highest BCUT2D eigenvalue weighted by atomic mass is 19.4. The number of alkyl halides is 3. The molecule has 24 heavy (non-hydrogen) atoms. The van der Waals surface area contributed by atoms with E-state index in [-0.39, 0.29) is 17.8 Å². The predicted molar refractivity (Wildman–Crippen MR) is 75.0 cm³/mol. The highest BCUT2D eigenvalue weighted by molar-refractivity contribution is 5.93. The number of benzene rings is 1. The molecule has 1 aromatic heterocycles. The summed E-state index contributed by atoms with van der Waals surface area (Å²) < 4.78 is 54.4. The summed E-state index contributed by atoms with van der Waals surface area (Å²) in [5.41, 5.74) is -2.88. The Morgan fingerprint density at radius 2 is 2.00 bits per heavy atom. The number of hydrogen-bond donors (Lipinski definition) is 1. The molecule has 1 amide bonds. The molecule has 0 radical (unpaired) electrons. The van der Waals surface area contributed by atoms with Gasteiger partial charge in [-0.15, -0.1) is 5.10 Å². The zero-order chi connectivity index (χ0) is 17.9. The van der Waals surface area contributed by atoms with Crippen molar-refractivity contribution in [2.75, 3.05) is 19.7 Å². The van der Waals surface area contributed by atoms with Crippen molar-refractivity contribution in [3.05, 3.63) is 41.5 Å². The summed E-state index contributed by atoms with van der Waals surface area (Å²) in [5, 5.41) is 15.5. The van der Waals surface area contributed by atoms with E-state index in [4.69, 9.17) is 5.11 Å². The Hall–Kier alpha value is -2.49. The summed E-state index contributed by atoms with van der Waals surface area (Å²) >= 11 is 0. The van der Waals surface area contributed by atoms with Crippen molar-refractivity contribution in [1.29, 1.82) is 0 Å². The number of aliphatic hydroxyl groups is 1. The molecule has 6 nitrogen and oxygen atoms in total. The number of halogens is 4. The summed E-state index contributed by atoms with van der Waals surface area (Å²) in [6.45, 7) is 1.05. The molecule has 2 rings (SSSR count). The summed E-state index contributed by atoms with van der Waals surface area (Å²) in [6.07, 6.45) is -4.98. The second-order valence-corrected chi connectivity index (χ2v) is 4.76. The van der Waals surface area contributed by atoms with Crippen LogP contribution in [0.3, 0.4) is 0 Å². The predicted octanol–water partition coefficient (Wildman–Crippen LogP) is 1.88. The van der Waals surface area contributed by atoms with Crippen LogP contribution in [-0.2, 0) is 6.18 Å². The number of aromatic nitrogens is 3. The Labute approximate surface area is 134 Å². The second-order valence-electron chi connectivity index (χ2n) is 4.76. The Kier molecular flexibility index (Phi) is 5.17. The number of likely N-dealkylation sites (N-methyl/N-ethyl adjacent to an activating group) is 1. The van der Waals surface area contributed by atoms with E-state index in [1.54, 1.807) is 6.92 Å². The normalized spacial score (nSPS) is 11.6. The quantitative estimate of drug-likeness (QED) is 0.839. The van der Waals surface area contributed by atoms with E-state index in [0.717, 1.165) is 17.0 Å². The van der Waals surface area contributed by atoms with Gasteiger partial charge in [0.05, 0.1) is 6.61 Å². The van der Waals surface area contributed by atoms with Gasteiger partial charge < -0.3 is 10.0 Å². The van der Waals surface area contributed by atoms with Crippen molar-refractivity contribution < 1.29 is 27.5 Å². The summed E-state index contributed by atoms with van der Waals surface area (Å²) in [4.78, 5) is 13.3. The molecule has 1 aromatic carbocycles. The topological polar surface area (TPSA) is 71.2 Å². The van der Waals surface area contributed by atoms with E-state index in [1.807, 2.05) is 0 Å². The van der Waals surface area contributed by atoms with Crippen LogP contribution in [0.5, 0.6) is 0 Å². The molecule has 1 heterocycles. The molecule has 0 aliphatic carbocycles. The van der Waals surface area contributed by atoms with Gasteiger partial charge in [-0.3, -0.25) is 4.79 Å². The van der Waals surface area contributed by atoms with Gasteiger partial charge in [0, 0.05) is 13.1 Å². The van der Waals surface area contributed by atoms with Gasteiger partial charge in [-0.1, -0.05) is 17.3 Å². The molecule has 0 saturated carbocycles. The molecule has 0 aliphatic rings. The lowest BCUT2D eigenvalue weighted by Crippen LogP contribution is -2.35. The monoisotopic (exact) mass is 346 g/mol. The molecule has 0 unspecified atom stereocenters. The Morgan fingerprint density at radius 1 is 1.33 bits per heavy atom. The third-order valence-corrected chi connectivity index (χ3v) is 3.26. The number of nitrogens with zero attached hydrogens (tertiary/aromatic N) is 4. The minimum absolute atomic E-state index is 0.0727. The molecule has 10 heteroatoms.